The van der Waals surface area contributed by atoms with Crippen molar-refractivity contribution in [2.45, 2.75) is 13.8 Å². The number of carbonyl (C=O) groups excluding carboxylic acids is 1. The average Bonchev–Trinajstić information content (AvgIpc) is 3.09. The van der Waals surface area contributed by atoms with Crippen LogP contribution in [0.1, 0.15) is 21.9 Å². The Bertz CT molecular complexity index is 755. The lowest BCUT2D eigenvalue weighted by Crippen LogP contribution is -2.12. The van der Waals surface area contributed by atoms with Crippen LogP contribution in [0, 0.1) is 13.8 Å². The number of amides is 1. The predicted molar refractivity (Wildman–Crippen MR) is 79.7 cm³/mol. The third kappa shape index (κ3) is 2.72. The first kappa shape index (κ1) is 13.2. The van der Waals surface area contributed by atoms with E-state index in [1.54, 1.807) is 23.9 Å². The van der Waals surface area contributed by atoms with Crippen molar-refractivity contribution in [1.29, 1.82) is 0 Å². The predicted octanol–water partition coefficient (Wildman–Crippen LogP) is 3.33. The summed E-state index contributed by atoms with van der Waals surface area (Å²) in [4.78, 5) is 12.2. The molecule has 0 unspecified atom stereocenters. The maximum absolute atomic E-state index is 12.2. The van der Waals surface area contributed by atoms with Crippen LogP contribution in [0.2, 0.25) is 0 Å². The van der Waals surface area contributed by atoms with E-state index in [0.29, 0.717) is 11.3 Å². The van der Waals surface area contributed by atoms with E-state index in [9.17, 15) is 4.79 Å². The minimum absolute atomic E-state index is 0.170. The standard InChI is InChI=1S/C16H15N3O2/c1-11-10-15(12(2)21-11)16(20)18-13-4-6-14(7-5-13)19-9-3-8-17-19/h3-10H,1-2H3,(H,18,20). The van der Waals surface area contributed by atoms with Gasteiger partial charge in [-0.3, -0.25) is 4.79 Å². The molecule has 0 fully saturated rings. The molecule has 0 saturated carbocycles. The van der Waals surface area contributed by atoms with E-state index in [1.165, 1.54) is 0 Å². The maximum Gasteiger partial charge on any atom is 0.259 e. The average molecular weight is 281 g/mol. The molecule has 0 aliphatic heterocycles. The Labute approximate surface area is 122 Å². The molecule has 5 nitrogen and oxygen atoms in total. The number of furan rings is 1. The number of aryl methyl sites for hydroxylation is 2. The Morgan fingerprint density at radius 1 is 1.24 bits per heavy atom. The zero-order valence-electron chi connectivity index (χ0n) is 11.8. The zero-order valence-corrected chi connectivity index (χ0v) is 11.8. The highest BCUT2D eigenvalue weighted by Crippen LogP contribution is 2.17. The Balaban J connectivity index is 1.76. The largest absolute Gasteiger partial charge is 0.466 e. The van der Waals surface area contributed by atoms with E-state index in [0.717, 1.165) is 17.1 Å². The Morgan fingerprint density at radius 3 is 2.57 bits per heavy atom. The van der Waals surface area contributed by atoms with Gasteiger partial charge in [-0.1, -0.05) is 0 Å². The van der Waals surface area contributed by atoms with Gasteiger partial charge in [0, 0.05) is 18.1 Å². The van der Waals surface area contributed by atoms with Gasteiger partial charge in [-0.15, -0.1) is 0 Å². The van der Waals surface area contributed by atoms with Crippen LogP contribution in [0.5, 0.6) is 0 Å². The molecule has 21 heavy (non-hydrogen) atoms. The molecule has 0 atom stereocenters. The van der Waals surface area contributed by atoms with Crippen LogP contribution in [-0.2, 0) is 0 Å². The molecule has 2 aromatic heterocycles. The molecule has 1 amide bonds. The zero-order chi connectivity index (χ0) is 14.8. The van der Waals surface area contributed by atoms with Gasteiger partial charge in [-0.05, 0) is 50.2 Å². The van der Waals surface area contributed by atoms with Crippen LogP contribution in [0.25, 0.3) is 5.69 Å². The molecular formula is C16H15N3O2. The van der Waals surface area contributed by atoms with Gasteiger partial charge in [-0.2, -0.15) is 5.10 Å². The third-order valence-electron chi connectivity index (χ3n) is 3.18. The molecule has 3 rings (SSSR count). The highest BCUT2D eigenvalue weighted by atomic mass is 16.3. The van der Waals surface area contributed by atoms with E-state index in [2.05, 4.69) is 10.4 Å². The minimum atomic E-state index is -0.170. The molecule has 0 saturated heterocycles. The molecule has 0 spiro atoms. The van der Waals surface area contributed by atoms with E-state index in [1.807, 2.05) is 43.5 Å². The number of hydrogen-bond donors (Lipinski definition) is 1. The first-order valence-electron chi connectivity index (χ1n) is 6.62. The molecule has 0 radical (unpaired) electrons. The van der Waals surface area contributed by atoms with E-state index in [4.69, 9.17) is 4.42 Å². The third-order valence-corrected chi connectivity index (χ3v) is 3.18. The summed E-state index contributed by atoms with van der Waals surface area (Å²) in [5, 5.41) is 7.01. The van der Waals surface area contributed by atoms with E-state index >= 15 is 0 Å². The number of nitrogens with zero attached hydrogens (tertiary/aromatic N) is 2. The molecule has 0 aliphatic rings. The van der Waals surface area contributed by atoms with Crippen molar-refractivity contribution in [2.75, 3.05) is 5.32 Å². The molecule has 2 heterocycles. The first-order chi connectivity index (χ1) is 10.1. The smallest absolute Gasteiger partial charge is 0.259 e. The molecule has 1 aromatic carbocycles. The van der Waals surface area contributed by atoms with Crippen molar-refractivity contribution in [3.05, 3.63) is 65.9 Å². The molecule has 0 aliphatic carbocycles. The quantitative estimate of drug-likeness (QED) is 0.801. The number of aromatic nitrogens is 2. The van der Waals surface area contributed by atoms with Gasteiger partial charge in [0.2, 0.25) is 0 Å². The van der Waals surface area contributed by atoms with Gasteiger partial charge >= 0.3 is 0 Å². The van der Waals surface area contributed by atoms with Crippen molar-refractivity contribution in [3.8, 4) is 5.69 Å². The summed E-state index contributed by atoms with van der Waals surface area (Å²) in [6.45, 7) is 3.60. The minimum Gasteiger partial charge on any atom is -0.466 e. The summed E-state index contributed by atoms with van der Waals surface area (Å²) >= 11 is 0. The number of benzene rings is 1. The van der Waals surface area contributed by atoms with Crippen molar-refractivity contribution < 1.29 is 9.21 Å². The van der Waals surface area contributed by atoms with Gasteiger partial charge in [0.05, 0.1) is 11.3 Å². The summed E-state index contributed by atoms with van der Waals surface area (Å²) < 4.78 is 7.13. The summed E-state index contributed by atoms with van der Waals surface area (Å²) in [7, 11) is 0. The molecule has 3 aromatic rings. The Kier molecular flexibility index (Phi) is 3.31. The second-order valence-electron chi connectivity index (χ2n) is 4.78. The SMILES string of the molecule is Cc1cc(C(=O)Nc2ccc(-n3cccn3)cc2)c(C)o1. The number of carbonyl (C=O) groups is 1. The number of nitrogens with one attached hydrogen (secondary N) is 1. The fourth-order valence-electron chi connectivity index (χ4n) is 2.17. The monoisotopic (exact) mass is 281 g/mol. The number of anilines is 1. The molecular weight excluding hydrogens is 266 g/mol. The van der Waals surface area contributed by atoms with E-state index in [-0.39, 0.29) is 5.91 Å². The molecule has 1 N–H and O–H groups in total. The topological polar surface area (TPSA) is 60.1 Å². The summed E-state index contributed by atoms with van der Waals surface area (Å²) in [5.41, 5.74) is 2.23. The summed E-state index contributed by atoms with van der Waals surface area (Å²) in [6.07, 6.45) is 3.59. The van der Waals surface area contributed by atoms with Crippen LogP contribution in [0.4, 0.5) is 5.69 Å². The Hall–Kier alpha value is -2.82. The second kappa shape index (κ2) is 5.28. The Morgan fingerprint density at radius 2 is 2.00 bits per heavy atom. The van der Waals surface area contributed by atoms with Gasteiger partial charge in [0.1, 0.15) is 11.5 Å². The van der Waals surface area contributed by atoms with E-state index < -0.39 is 0 Å². The normalized spacial score (nSPS) is 10.6. The lowest BCUT2D eigenvalue weighted by molar-refractivity contribution is 0.102. The summed E-state index contributed by atoms with van der Waals surface area (Å²) in [6, 6.07) is 11.1. The molecule has 0 bridgehead atoms. The van der Waals surface area contributed by atoms with Crippen LogP contribution in [0.15, 0.2) is 53.2 Å². The van der Waals surface area contributed by atoms with Crippen molar-refractivity contribution in [1.82, 2.24) is 9.78 Å². The van der Waals surface area contributed by atoms with Crippen LogP contribution in [-0.4, -0.2) is 15.7 Å². The fraction of sp³-hybridized carbons (Fsp3) is 0.125. The second-order valence-corrected chi connectivity index (χ2v) is 4.78. The molecule has 5 heteroatoms. The summed E-state index contributed by atoms with van der Waals surface area (Å²) in [5.74, 6) is 1.18. The lowest BCUT2D eigenvalue weighted by atomic mass is 10.2. The van der Waals surface area contributed by atoms with Gasteiger partial charge in [0.25, 0.3) is 5.91 Å². The van der Waals surface area contributed by atoms with Crippen LogP contribution in [0.3, 0.4) is 0 Å². The number of hydrogen-bond acceptors (Lipinski definition) is 3. The highest BCUT2D eigenvalue weighted by molar-refractivity contribution is 6.05. The lowest BCUT2D eigenvalue weighted by Gasteiger charge is -2.06. The van der Waals surface area contributed by atoms with Crippen molar-refractivity contribution in [2.24, 2.45) is 0 Å². The fourth-order valence-corrected chi connectivity index (χ4v) is 2.17. The highest BCUT2D eigenvalue weighted by Gasteiger charge is 2.13. The maximum atomic E-state index is 12.2. The van der Waals surface area contributed by atoms with Gasteiger partial charge in [0.15, 0.2) is 0 Å². The van der Waals surface area contributed by atoms with Crippen molar-refractivity contribution >= 4 is 11.6 Å². The van der Waals surface area contributed by atoms with Crippen LogP contribution >= 0.6 is 0 Å². The van der Waals surface area contributed by atoms with Crippen molar-refractivity contribution in [3.63, 3.8) is 0 Å². The first-order valence-corrected chi connectivity index (χ1v) is 6.62. The number of rotatable bonds is 3. The van der Waals surface area contributed by atoms with Gasteiger partial charge in [-0.25, -0.2) is 4.68 Å². The van der Waals surface area contributed by atoms with Gasteiger partial charge < -0.3 is 9.73 Å². The van der Waals surface area contributed by atoms with Crippen LogP contribution < -0.4 is 5.32 Å². The molecule has 106 valence electrons.